The Morgan fingerprint density at radius 2 is 1.59 bits per heavy atom. The molecule has 0 aliphatic heterocycles. The molecule has 0 spiro atoms. The van der Waals surface area contributed by atoms with Gasteiger partial charge in [0.25, 0.3) is 15.9 Å². The molecule has 3 N–H and O–H groups in total. The molecule has 3 aromatic carbocycles. The van der Waals surface area contributed by atoms with Gasteiger partial charge in [0.2, 0.25) is 5.91 Å². The van der Waals surface area contributed by atoms with Gasteiger partial charge in [-0.1, -0.05) is 36.4 Å². The molecular weight excluding hydrogens is 430 g/mol. The number of hydrogen-bond donors (Lipinski definition) is 3. The summed E-state index contributed by atoms with van der Waals surface area (Å²) in [6.07, 6.45) is 0. The van der Waals surface area contributed by atoms with Crippen molar-refractivity contribution in [2.45, 2.75) is 11.4 Å². The van der Waals surface area contributed by atoms with Crippen LogP contribution in [0.2, 0.25) is 0 Å². The molecule has 3 aromatic rings. The van der Waals surface area contributed by atoms with Crippen molar-refractivity contribution < 1.29 is 22.7 Å². The lowest BCUT2D eigenvalue weighted by Gasteiger charge is -2.10. The summed E-state index contributed by atoms with van der Waals surface area (Å²) in [6.45, 7) is 0.102. The predicted molar refractivity (Wildman–Crippen MR) is 121 cm³/mol. The lowest BCUT2D eigenvalue weighted by molar-refractivity contribution is -0.120. The summed E-state index contributed by atoms with van der Waals surface area (Å²) in [5.74, 6) is -0.124. The second-order valence-electron chi connectivity index (χ2n) is 6.81. The minimum Gasteiger partial charge on any atom is -0.497 e. The van der Waals surface area contributed by atoms with Gasteiger partial charge in [0.15, 0.2) is 0 Å². The molecule has 3 rings (SSSR count). The number of hydrogen-bond acceptors (Lipinski definition) is 5. The van der Waals surface area contributed by atoms with Crippen LogP contribution in [0, 0.1) is 0 Å². The van der Waals surface area contributed by atoms with Crippen molar-refractivity contribution in [2.75, 3.05) is 18.4 Å². The maximum absolute atomic E-state index is 12.5. The Hall–Kier alpha value is -3.85. The van der Waals surface area contributed by atoms with E-state index in [2.05, 4.69) is 15.4 Å². The molecule has 2 amide bonds. The number of benzene rings is 3. The molecule has 0 atom stereocenters. The summed E-state index contributed by atoms with van der Waals surface area (Å²) in [6, 6.07) is 21.2. The number of nitrogens with one attached hydrogen (secondary N) is 3. The minimum absolute atomic E-state index is 0.114. The molecule has 0 heterocycles. The van der Waals surface area contributed by atoms with Crippen molar-refractivity contribution in [1.82, 2.24) is 10.6 Å². The van der Waals surface area contributed by atoms with E-state index in [4.69, 9.17) is 4.74 Å². The second-order valence-corrected chi connectivity index (χ2v) is 8.49. The molecule has 0 unspecified atom stereocenters. The predicted octanol–water partition coefficient (Wildman–Crippen LogP) is 2.54. The average Bonchev–Trinajstić information content (AvgIpc) is 2.82. The zero-order chi connectivity index (χ0) is 23.0. The van der Waals surface area contributed by atoms with Crippen molar-refractivity contribution >= 4 is 27.5 Å². The largest absolute Gasteiger partial charge is 0.497 e. The molecule has 0 saturated heterocycles. The van der Waals surface area contributed by atoms with Crippen LogP contribution in [0.4, 0.5) is 5.69 Å². The zero-order valence-corrected chi connectivity index (χ0v) is 18.2. The number of ether oxygens (including phenoxy) is 1. The standard InChI is InChI=1S/C23H23N3O5S/c1-31-20-12-10-17(11-13-20)15-24-22(27)16-25-23(28)18-6-5-7-19(14-18)26-32(29,30)21-8-3-2-4-9-21/h2-14,26H,15-16H2,1H3,(H,24,27)(H,25,28). The summed E-state index contributed by atoms with van der Waals surface area (Å²) in [7, 11) is -2.20. The molecule has 0 aromatic heterocycles. The Balaban J connectivity index is 1.53. The summed E-state index contributed by atoms with van der Waals surface area (Å²) in [5.41, 5.74) is 1.36. The van der Waals surface area contributed by atoms with Gasteiger partial charge in [-0.2, -0.15) is 0 Å². The summed E-state index contributed by atoms with van der Waals surface area (Å²) in [4.78, 5) is 24.6. The Labute approximate surface area is 186 Å². The van der Waals surface area contributed by atoms with Crippen LogP contribution >= 0.6 is 0 Å². The number of sulfonamides is 1. The lowest BCUT2D eigenvalue weighted by Crippen LogP contribution is -2.36. The third-order valence-corrected chi connectivity index (χ3v) is 5.89. The Kier molecular flexibility index (Phi) is 7.45. The summed E-state index contributed by atoms with van der Waals surface area (Å²) < 4.78 is 32.4. The normalized spacial score (nSPS) is 10.8. The molecule has 0 aliphatic carbocycles. The van der Waals surface area contributed by atoms with Crippen LogP contribution < -0.4 is 20.1 Å². The number of carbonyl (C=O) groups excluding carboxylic acids is 2. The van der Waals surface area contributed by atoms with Crippen molar-refractivity contribution in [3.63, 3.8) is 0 Å². The fourth-order valence-corrected chi connectivity index (χ4v) is 3.88. The van der Waals surface area contributed by atoms with Crippen LogP contribution in [0.5, 0.6) is 5.75 Å². The molecule has 32 heavy (non-hydrogen) atoms. The summed E-state index contributed by atoms with van der Waals surface area (Å²) in [5, 5.41) is 5.24. The highest BCUT2D eigenvalue weighted by atomic mass is 32.2. The van der Waals surface area contributed by atoms with Crippen molar-refractivity contribution in [3.05, 3.63) is 90.0 Å². The van der Waals surface area contributed by atoms with Gasteiger partial charge >= 0.3 is 0 Å². The highest BCUT2D eigenvalue weighted by Crippen LogP contribution is 2.17. The molecule has 0 aliphatic rings. The van der Waals surface area contributed by atoms with E-state index in [1.54, 1.807) is 49.6 Å². The zero-order valence-electron chi connectivity index (χ0n) is 17.4. The van der Waals surface area contributed by atoms with Crippen LogP contribution in [0.3, 0.4) is 0 Å². The smallest absolute Gasteiger partial charge is 0.261 e. The first kappa shape index (κ1) is 22.8. The van der Waals surface area contributed by atoms with Crippen molar-refractivity contribution in [3.8, 4) is 5.75 Å². The number of anilines is 1. The third kappa shape index (κ3) is 6.32. The van der Waals surface area contributed by atoms with Gasteiger partial charge in [0, 0.05) is 17.8 Å². The van der Waals surface area contributed by atoms with Gasteiger partial charge in [-0.05, 0) is 48.0 Å². The van der Waals surface area contributed by atoms with E-state index in [1.165, 1.54) is 24.3 Å². The molecule has 0 saturated carbocycles. The number of amides is 2. The fourth-order valence-electron chi connectivity index (χ4n) is 2.81. The van der Waals surface area contributed by atoms with Gasteiger partial charge in [-0.3, -0.25) is 14.3 Å². The quantitative estimate of drug-likeness (QED) is 0.461. The van der Waals surface area contributed by atoms with E-state index < -0.39 is 15.9 Å². The van der Waals surface area contributed by atoms with E-state index in [1.807, 2.05) is 12.1 Å². The number of carbonyl (C=O) groups is 2. The molecule has 0 fully saturated rings. The SMILES string of the molecule is COc1ccc(CNC(=O)CNC(=O)c2cccc(NS(=O)(=O)c3ccccc3)c2)cc1. The van der Waals surface area contributed by atoms with Gasteiger partial charge in [-0.25, -0.2) is 8.42 Å². The highest BCUT2D eigenvalue weighted by molar-refractivity contribution is 7.92. The van der Waals surface area contributed by atoms with Crippen LogP contribution in [0.15, 0.2) is 83.8 Å². The van der Waals surface area contributed by atoms with Crippen LogP contribution in [-0.4, -0.2) is 33.9 Å². The second kappa shape index (κ2) is 10.5. The number of rotatable bonds is 9. The average molecular weight is 454 g/mol. The Morgan fingerprint density at radius 3 is 2.28 bits per heavy atom. The van der Waals surface area contributed by atoms with Crippen LogP contribution in [0.1, 0.15) is 15.9 Å². The minimum atomic E-state index is -3.77. The fraction of sp³-hybridized carbons (Fsp3) is 0.130. The van der Waals surface area contributed by atoms with E-state index in [-0.39, 0.29) is 28.6 Å². The van der Waals surface area contributed by atoms with E-state index in [9.17, 15) is 18.0 Å². The number of methoxy groups -OCH3 is 1. The first-order valence-electron chi connectivity index (χ1n) is 9.73. The molecular formula is C23H23N3O5S. The highest BCUT2D eigenvalue weighted by Gasteiger charge is 2.15. The van der Waals surface area contributed by atoms with Gasteiger partial charge < -0.3 is 15.4 Å². The topological polar surface area (TPSA) is 114 Å². The van der Waals surface area contributed by atoms with Crippen molar-refractivity contribution in [2.24, 2.45) is 0 Å². The van der Waals surface area contributed by atoms with E-state index in [0.29, 0.717) is 6.54 Å². The third-order valence-electron chi connectivity index (χ3n) is 4.49. The monoisotopic (exact) mass is 453 g/mol. The van der Waals surface area contributed by atoms with E-state index >= 15 is 0 Å². The van der Waals surface area contributed by atoms with Crippen molar-refractivity contribution in [1.29, 1.82) is 0 Å². The molecule has 9 heteroatoms. The van der Waals surface area contributed by atoms with Crippen LogP contribution in [0.25, 0.3) is 0 Å². The Morgan fingerprint density at radius 1 is 0.875 bits per heavy atom. The summed E-state index contributed by atoms with van der Waals surface area (Å²) >= 11 is 0. The molecule has 0 radical (unpaired) electrons. The van der Waals surface area contributed by atoms with Gasteiger partial charge in [-0.15, -0.1) is 0 Å². The van der Waals surface area contributed by atoms with E-state index in [0.717, 1.165) is 11.3 Å². The maximum atomic E-state index is 12.5. The van der Waals surface area contributed by atoms with Gasteiger partial charge in [0.1, 0.15) is 5.75 Å². The van der Waals surface area contributed by atoms with Gasteiger partial charge in [0.05, 0.1) is 18.6 Å². The van der Waals surface area contributed by atoms with Crippen LogP contribution in [-0.2, 0) is 21.4 Å². The maximum Gasteiger partial charge on any atom is 0.261 e. The lowest BCUT2D eigenvalue weighted by atomic mass is 10.2. The molecule has 8 nitrogen and oxygen atoms in total. The molecule has 166 valence electrons. The first-order chi connectivity index (χ1) is 15.4. The first-order valence-corrected chi connectivity index (χ1v) is 11.2. The molecule has 0 bridgehead atoms. The Bertz CT molecular complexity index is 1180.